The van der Waals surface area contributed by atoms with E-state index in [0.29, 0.717) is 37.9 Å². The fourth-order valence-corrected chi connectivity index (χ4v) is 3.49. The van der Waals surface area contributed by atoms with Gasteiger partial charge in [0.2, 0.25) is 0 Å². The fourth-order valence-electron chi connectivity index (χ4n) is 2.11. The zero-order valence-corrected chi connectivity index (χ0v) is 16.0. The summed E-state index contributed by atoms with van der Waals surface area (Å²) in [5.41, 5.74) is 1.26. The number of hydrogen-bond donors (Lipinski definition) is 2. The lowest BCUT2D eigenvalue weighted by molar-refractivity contribution is -0.138. The molecule has 0 spiro atoms. The van der Waals surface area contributed by atoms with Crippen LogP contribution in [0.4, 0.5) is 0 Å². The van der Waals surface area contributed by atoms with Crippen LogP contribution in [0.2, 0.25) is 0 Å². The molecule has 2 aromatic carbocycles. The van der Waals surface area contributed by atoms with Crippen LogP contribution in [0.1, 0.15) is 34.3 Å². The van der Waals surface area contributed by atoms with E-state index in [9.17, 15) is 14.7 Å². The second kappa shape index (κ2) is 7.36. The Hall–Kier alpha value is -1.86. The molecule has 5 nitrogen and oxygen atoms in total. The van der Waals surface area contributed by atoms with Gasteiger partial charge in [-0.25, -0.2) is 0 Å². The lowest BCUT2D eigenvalue weighted by Gasteiger charge is -2.15. The van der Waals surface area contributed by atoms with Gasteiger partial charge in [-0.3, -0.25) is 9.59 Å². The van der Waals surface area contributed by atoms with E-state index in [1.165, 1.54) is 6.07 Å². The van der Waals surface area contributed by atoms with Crippen molar-refractivity contribution in [2.75, 3.05) is 0 Å². The lowest BCUT2D eigenvalue weighted by Crippen LogP contribution is -2.07. The van der Waals surface area contributed by atoms with Gasteiger partial charge in [0.05, 0.1) is 20.4 Å². The van der Waals surface area contributed by atoms with Crippen LogP contribution in [0.15, 0.2) is 33.2 Å². The number of phenolic OH excluding ortho intramolecular Hbond substituents is 1. The standard InChI is InChI=1S/C17H14Br2O5/c1-8-3-12(4-11(7-20)15(8)21)24-16-13(18)5-10(6-14(16)19)9(2)17(22)23/h3-7,9,21H,1-2H3,(H,22,23). The summed E-state index contributed by atoms with van der Waals surface area (Å²) in [4.78, 5) is 22.1. The number of aliphatic carboxylic acids is 1. The third kappa shape index (κ3) is 3.79. The summed E-state index contributed by atoms with van der Waals surface area (Å²) in [6.45, 7) is 3.26. The summed E-state index contributed by atoms with van der Waals surface area (Å²) in [5.74, 6) is -0.844. The molecule has 0 saturated carbocycles. The highest BCUT2D eigenvalue weighted by Gasteiger charge is 2.18. The first-order valence-electron chi connectivity index (χ1n) is 6.93. The number of phenols is 1. The van der Waals surface area contributed by atoms with Crippen LogP contribution < -0.4 is 4.74 Å². The lowest BCUT2D eigenvalue weighted by atomic mass is 10.0. The van der Waals surface area contributed by atoms with E-state index in [1.807, 2.05) is 0 Å². The van der Waals surface area contributed by atoms with E-state index < -0.39 is 11.9 Å². The third-order valence-corrected chi connectivity index (χ3v) is 4.72. The molecule has 0 bridgehead atoms. The van der Waals surface area contributed by atoms with Gasteiger partial charge in [0.1, 0.15) is 11.5 Å². The molecule has 2 rings (SSSR count). The SMILES string of the molecule is Cc1cc(Oc2c(Br)cc(C(C)C(=O)O)cc2Br)cc(C=O)c1O. The van der Waals surface area contributed by atoms with Crippen LogP contribution in [0.25, 0.3) is 0 Å². The van der Waals surface area contributed by atoms with Gasteiger partial charge in [-0.2, -0.15) is 0 Å². The van der Waals surface area contributed by atoms with Crippen molar-refractivity contribution in [3.05, 3.63) is 49.9 Å². The molecule has 0 heterocycles. The van der Waals surface area contributed by atoms with E-state index in [0.717, 1.165) is 0 Å². The summed E-state index contributed by atoms with van der Waals surface area (Å²) in [6.07, 6.45) is 0.553. The molecule has 0 saturated heterocycles. The summed E-state index contributed by atoms with van der Waals surface area (Å²) >= 11 is 6.75. The molecule has 0 amide bonds. The topological polar surface area (TPSA) is 83.8 Å². The molecule has 7 heteroatoms. The molecule has 0 aromatic heterocycles. The molecule has 2 aromatic rings. The highest BCUT2D eigenvalue weighted by Crippen LogP contribution is 2.40. The second-order valence-corrected chi connectivity index (χ2v) is 6.98. The molecule has 0 aliphatic heterocycles. The Morgan fingerprint density at radius 2 is 1.79 bits per heavy atom. The van der Waals surface area contributed by atoms with Crippen LogP contribution in [0.5, 0.6) is 17.2 Å². The minimum atomic E-state index is -0.924. The zero-order valence-electron chi connectivity index (χ0n) is 12.8. The van der Waals surface area contributed by atoms with Crippen molar-refractivity contribution >= 4 is 44.1 Å². The summed E-state index contributed by atoms with van der Waals surface area (Å²) in [5, 5.41) is 18.9. The molecule has 24 heavy (non-hydrogen) atoms. The van der Waals surface area contributed by atoms with Crippen LogP contribution in [0.3, 0.4) is 0 Å². The monoisotopic (exact) mass is 456 g/mol. The number of aryl methyl sites for hydroxylation is 1. The van der Waals surface area contributed by atoms with Crippen LogP contribution in [-0.4, -0.2) is 22.5 Å². The number of carbonyl (C=O) groups is 2. The largest absolute Gasteiger partial charge is 0.507 e. The number of ether oxygens (including phenoxy) is 1. The van der Waals surface area contributed by atoms with Gasteiger partial charge >= 0.3 is 5.97 Å². The van der Waals surface area contributed by atoms with Gasteiger partial charge in [-0.15, -0.1) is 0 Å². The number of aromatic hydroxyl groups is 1. The Balaban J connectivity index is 2.42. The Bertz CT molecular complexity index is 794. The Kier molecular flexibility index (Phi) is 5.66. The van der Waals surface area contributed by atoms with Crippen molar-refractivity contribution in [1.29, 1.82) is 0 Å². The first-order chi connectivity index (χ1) is 11.2. The van der Waals surface area contributed by atoms with Gasteiger partial charge in [-0.05, 0) is 81.1 Å². The summed E-state index contributed by atoms with van der Waals surface area (Å²) in [6, 6.07) is 6.39. The Morgan fingerprint density at radius 3 is 2.29 bits per heavy atom. The predicted molar refractivity (Wildman–Crippen MR) is 96.2 cm³/mol. The second-order valence-electron chi connectivity index (χ2n) is 5.27. The molecule has 1 atom stereocenters. The maximum absolute atomic E-state index is 11.1. The van der Waals surface area contributed by atoms with E-state index in [1.54, 1.807) is 32.0 Å². The number of hydrogen-bond acceptors (Lipinski definition) is 4. The minimum absolute atomic E-state index is 0.0823. The smallest absolute Gasteiger partial charge is 0.310 e. The van der Waals surface area contributed by atoms with Gasteiger partial charge in [-0.1, -0.05) is 0 Å². The first kappa shape index (κ1) is 18.5. The van der Waals surface area contributed by atoms with Crippen LogP contribution in [-0.2, 0) is 4.79 Å². The number of halogens is 2. The molecule has 2 N–H and O–H groups in total. The molecule has 1 unspecified atom stereocenters. The van der Waals surface area contributed by atoms with E-state index in [2.05, 4.69) is 31.9 Å². The zero-order chi connectivity index (χ0) is 18.0. The number of carboxylic acid groups (broad SMARTS) is 1. The average molecular weight is 458 g/mol. The highest BCUT2D eigenvalue weighted by atomic mass is 79.9. The fraction of sp³-hybridized carbons (Fsp3) is 0.176. The van der Waals surface area contributed by atoms with Crippen molar-refractivity contribution in [3.63, 3.8) is 0 Å². The van der Waals surface area contributed by atoms with Crippen LogP contribution in [0, 0.1) is 6.92 Å². The maximum atomic E-state index is 11.1. The molecule has 0 radical (unpaired) electrons. The molecule has 0 fully saturated rings. The summed E-state index contributed by atoms with van der Waals surface area (Å²) < 4.78 is 6.94. The number of carbonyl (C=O) groups excluding carboxylic acids is 1. The Morgan fingerprint density at radius 1 is 1.21 bits per heavy atom. The highest BCUT2D eigenvalue weighted by molar-refractivity contribution is 9.11. The van der Waals surface area contributed by atoms with E-state index in [-0.39, 0.29) is 11.3 Å². The maximum Gasteiger partial charge on any atom is 0.310 e. The van der Waals surface area contributed by atoms with E-state index in [4.69, 9.17) is 9.84 Å². The Labute approximate surface area is 155 Å². The number of carboxylic acids is 1. The molecular weight excluding hydrogens is 444 g/mol. The van der Waals surface area contributed by atoms with Crippen molar-refractivity contribution in [2.45, 2.75) is 19.8 Å². The van der Waals surface area contributed by atoms with E-state index >= 15 is 0 Å². The van der Waals surface area contributed by atoms with Gasteiger partial charge in [0, 0.05) is 0 Å². The molecule has 0 aliphatic carbocycles. The quantitative estimate of drug-likeness (QED) is 0.616. The van der Waals surface area contributed by atoms with Gasteiger partial charge < -0.3 is 14.9 Å². The minimum Gasteiger partial charge on any atom is -0.507 e. The number of aldehydes is 1. The van der Waals surface area contributed by atoms with Gasteiger partial charge in [0.15, 0.2) is 12.0 Å². The van der Waals surface area contributed by atoms with Crippen molar-refractivity contribution in [1.82, 2.24) is 0 Å². The number of rotatable bonds is 5. The first-order valence-corrected chi connectivity index (χ1v) is 8.51. The van der Waals surface area contributed by atoms with Crippen molar-refractivity contribution < 1.29 is 24.5 Å². The summed E-state index contributed by atoms with van der Waals surface area (Å²) in [7, 11) is 0. The number of benzene rings is 2. The molecule has 0 aliphatic rings. The predicted octanol–water partition coefficient (Wildman–Crippen LogP) is 5.02. The van der Waals surface area contributed by atoms with Crippen molar-refractivity contribution in [3.8, 4) is 17.2 Å². The van der Waals surface area contributed by atoms with Crippen molar-refractivity contribution in [2.24, 2.45) is 0 Å². The molecule has 126 valence electrons. The third-order valence-electron chi connectivity index (χ3n) is 3.54. The average Bonchev–Trinajstić information content (AvgIpc) is 2.52. The van der Waals surface area contributed by atoms with Gasteiger partial charge in [0.25, 0.3) is 0 Å². The van der Waals surface area contributed by atoms with Crippen LogP contribution >= 0.6 is 31.9 Å². The molecular formula is C17H14Br2O5. The normalized spacial score (nSPS) is 11.8.